The van der Waals surface area contributed by atoms with E-state index < -0.39 is 134 Å². The van der Waals surface area contributed by atoms with E-state index in [1.54, 1.807) is 33.8 Å². The first-order valence-electron chi connectivity index (χ1n) is 17.9. The summed E-state index contributed by atoms with van der Waals surface area (Å²) < 4.78 is 70.9. The third kappa shape index (κ3) is 9.97. The monoisotopic (exact) mass is 796 g/mol. The summed E-state index contributed by atoms with van der Waals surface area (Å²) in [6.07, 6.45) is -10.1. The Morgan fingerprint density at radius 2 is 1.52 bits per heavy atom. The summed E-state index contributed by atoms with van der Waals surface area (Å²) in [5.74, 6) is -10.1. The topological polar surface area (TPSA) is 238 Å². The van der Waals surface area contributed by atoms with E-state index in [4.69, 9.17) is 56.8 Å². The fraction of sp³-hybridized carbons (Fsp3) is 0.694. The average Bonchev–Trinajstić information content (AvgIpc) is 3.61. The van der Waals surface area contributed by atoms with Crippen LogP contribution in [0.5, 0.6) is 0 Å². The second-order valence-electron chi connectivity index (χ2n) is 14.5. The van der Waals surface area contributed by atoms with Crippen molar-refractivity contribution < 1.29 is 85.6 Å². The number of ether oxygens (including phenoxy) is 12. The van der Waals surface area contributed by atoms with Crippen LogP contribution < -0.4 is 5.32 Å². The van der Waals surface area contributed by atoms with Crippen LogP contribution >= 0.6 is 0 Å². The molecule has 0 saturated carbocycles. The maximum absolute atomic E-state index is 14.0. The van der Waals surface area contributed by atoms with Gasteiger partial charge >= 0.3 is 29.8 Å². The van der Waals surface area contributed by atoms with Gasteiger partial charge in [0.05, 0.1) is 26.2 Å². The summed E-state index contributed by atoms with van der Waals surface area (Å²) in [5, 5.41) is 2.64. The van der Waals surface area contributed by atoms with Crippen LogP contribution in [0.15, 0.2) is 24.4 Å². The number of nitrogens with one attached hydrogen (secondary N) is 1. The molecule has 1 N–H and O–H groups in total. The van der Waals surface area contributed by atoms with Gasteiger partial charge in [-0.1, -0.05) is 6.07 Å². The highest BCUT2D eigenvalue weighted by Gasteiger charge is 2.63. The smallest absolute Gasteiger partial charge is 0.366 e. The maximum Gasteiger partial charge on any atom is 0.366 e. The van der Waals surface area contributed by atoms with Gasteiger partial charge in [0.1, 0.15) is 48.9 Å². The number of hydrogen-bond acceptors (Lipinski definition) is 19. The van der Waals surface area contributed by atoms with Crippen molar-refractivity contribution in [3.05, 3.63) is 30.1 Å². The quantitative estimate of drug-likeness (QED) is 0.212. The highest BCUT2D eigenvalue weighted by atomic mass is 16.9. The average molecular weight is 797 g/mol. The molecule has 11 atom stereocenters. The van der Waals surface area contributed by atoms with Crippen LogP contribution in [0.3, 0.4) is 0 Å². The summed E-state index contributed by atoms with van der Waals surface area (Å²) in [6.45, 7) is 10.0. The Morgan fingerprint density at radius 1 is 0.857 bits per heavy atom. The Bertz CT molecular complexity index is 1640. The normalized spacial score (nSPS) is 32.4. The lowest BCUT2D eigenvalue weighted by Crippen LogP contribution is -2.69. The summed E-state index contributed by atoms with van der Waals surface area (Å²) in [7, 11) is 1.05. The minimum Gasteiger partial charge on any atom is -0.465 e. The molecule has 1 amide bonds. The molecule has 20 nitrogen and oxygen atoms in total. The van der Waals surface area contributed by atoms with Crippen LogP contribution in [0, 0.1) is 0 Å². The van der Waals surface area contributed by atoms with Gasteiger partial charge in [0.2, 0.25) is 5.91 Å². The molecule has 0 unspecified atom stereocenters. The predicted molar refractivity (Wildman–Crippen MR) is 181 cm³/mol. The minimum absolute atomic E-state index is 0.134. The Balaban J connectivity index is 1.59. The molecule has 4 fully saturated rings. The molecule has 20 heteroatoms. The van der Waals surface area contributed by atoms with E-state index in [2.05, 4.69) is 10.3 Å². The summed E-state index contributed by atoms with van der Waals surface area (Å²) in [6, 6.07) is 3.04. The van der Waals surface area contributed by atoms with Crippen molar-refractivity contribution in [3.63, 3.8) is 0 Å². The van der Waals surface area contributed by atoms with Crippen LogP contribution in [0.4, 0.5) is 0 Å². The highest BCUT2D eigenvalue weighted by molar-refractivity contribution is 5.87. The van der Waals surface area contributed by atoms with Crippen LogP contribution in [-0.2, 0) is 80.8 Å². The van der Waals surface area contributed by atoms with Crippen molar-refractivity contribution in [2.45, 2.75) is 140 Å². The van der Waals surface area contributed by atoms with Gasteiger partial charge in [-0.3, -0.25) is 19.2 Å². The molecule has 1 aromatic heterocycles. The standard InChI is InChI=1S/C36H48N2O18/c1-17(39)38-25-22(50-31(43)21-12-10-11-13-37-21)14-36(33(44)45-9,55-28(25)26(49-20(4)42)23(48-19(3)41)15-46-18(2)40)47-16-24-27-29(53-34(5,6)52-27)30-32(51-24)56-35(7,8)54-30/h10-13,22-30,32H,14-16H2,1-9H3,(H,38,39)/t22-,23+,24+,25+,26+,27-,28+,29-,30+,32+,36+/m0/s1. The van der Waals surface area contributed by atoms with E-state index in [1.807, 2.05) is 0 Å². The Morgan fingerprint density at radius 3 is 2.12 bits per heavy atom. The number of methoxy groups -OCH3 is 1. The van der Waals surface area contributed by atoms with Crippen LogP contribution in [-0.4, -0.2) is 140 Å². The molecule has 0 radical (unpaired) electrons. The Labute approximate surface area is 322 Å². The zero-order valence-electron chi connectivity index (χ0n) is 32.5. The van der Waals surface area contributed by atoms with Crippen LogP contribution in [0.25, 0.3) is 0 Å². The van der Waals surface area contributed by atoms with E-state index >= 15 is 0 Å². The number of hydrogen-bond donors (Lipinski definition) is 1. The molecule has 0 bridgehead atoms. The number of carbonyl (C=O) groups excluding carboxylic acids is 6. The van der Waals surface area contributed by atoms with Crippen molar-refractivity contribution >= 4 is 35.8 Å². The molecule has 4 saturated heterocycles. The van der Waals surface area contributed by atoms with E-state index in [0.29, 0.717) is 0 Å². The minimum atomic E-state index is -2.53. The van der Waals surface area contributed by atoms with Gasteiger partial charge in [0.25, 0.3) is 5.79 Å². The molecule has 0 spiro atoms. The number of rotatable bonds is 13. The Hall–Kier alpha value is -4.31. The molecular formula is C36H48N2O18. The number of pyridine rings is 1. The lowest BCUT2D eigenvalue weighted by atomic mass is 9.87. The number of carbonyl (C=O) groups is 6. The number of fused-ring (bicyclic) bond motifs is 3. The Kier molecular flexibility index (Phi) is 13.0. The highest BCUT2D eigenvalue weighted by Crippen LogP contribution is 2.45. The molecule has 0 aromatic carbocycles. The predicted octanol–water partition coefficient (Wildman–Crippen LogP) is 0.610. The number of aromatic nitrogens is 1. The fourth-order valence-corrected chi connectivity index (χ4v) is 7.06. The zero-order valence-corrected chi connectivity index (χ0v) is 32.5. The molecule has 4 aliphatic rings. The number of amides is 1. The molecule has 4 aliphatic heterocycles. The van der Waals surface area contributed by atoms with Gasteiger partial charge in [-0.15, -0.1) is 0 Å². The van der Waals surface area contributed by atoms with Gasteiger partial charge < -0.3 is 62.2 Å². The van der Waals surface area contributed by atoms with Crippen molar-refractivity contribution in [1.29, 1.82) is 0 Å². The largest absolute Gasteiger partial charge is 0.465 e. The molecular weight excluding hydrogens is 748 g/mol. The van der Waals surface area contributed by atoms with Gasteiger partial charge in [-0.05, 0) is 39.8 Å². The fourth-order valence-electron chi connectivity index (χ4n) is 7.06. The molecule has 56 heavy (non-hydrogen) atoms. The maximum atomic E-state index is 14.0. The van der Waals surface area contributed by atoms with Crippen molar-refractivity contribution in [1.82, 2.24) is 10.3 Å². The first kappa shape index (κ1) is 42.8. The molecule has 310 valence electrons. The van der Waals surface area contributed by atoms with E-state index in [-0.39, 0.29) is 5.69 Å². The number of esters is 5. The third-order valence-corrected chi connectivity index (χ3v) is 9.04. The van der Waals surface area contributed by atoms with Crippen LogP contribution in [0.2, 0.25) is 0 Å². The van der Waals surface area contributed by atoms with Gasteiger partial charge in [-0.2, -0.15) is 0 Å². The third-order valence-electron chi connectivity index (χ3n) is 9.04. The van der Waals surface area contributed by atoms with E-state index in [9.17, 15) is 28.8 Å². The van der Waals surface area contributed by atoms with Crippen molar-refractivity contribution in [2.75, 3.05) is 20.3 Å². The SMILES string of the molecule is COC(=O)[C@@]1(OC[C@H]2O[C@@H]3OC(C)(C)O[C@@H]3[C@H]3OC(C)(C)O[C@H]32)C[C@H](OC(=O)c2ccccn2)[C@@H](NC(C)=O)[C@H]([C@H](OC(C)=O)[C@@H](COC(C)=O)OC(C)=O)O1. The summed E-state index contributed by atoms with van der Waals surface area (Å²) in [4.78, 5) is 81.4. The summed E-state index contributed by atoms with van der Waals surface area (Å²) >= 11 is 0. The van der Waals surface area contributed by atoms with Gasteiger partial charge in [-0.25, -0.2) is 14.6 Å². The summed E-state index contributed by atoms with van der Waals surface area (Å²) in [5.41, 5.74) is -0.134. The van der Waals surface area contributed by atoms with E-state index in [1.165, 1.54) is 18.3 Å². The van der Waals surface area contributed by atoms with Crippen molar-refractivity contribution in [3.8, 4) is 0 Å². The lowest BCUT2D eigenvalue weighted by Gasteiger charge is -2.49. The molecule has 5 rings (SSSR count). The first-order valence-corrected chi connectivity index (χ1v) is 17.9. The van der Waals surface area contributed by atoms with Gasteiger partial charge in [0.15, 0.2) is 30.1 Å². The van der Waals surface area contributed by atoms with Gasteiger partial charge in [0, 0.05) is 33.9 Å². The van der Waals surface area contributed by atoms with Crippen LogP contribution in [0.1, 0.15) is 72.3 Å². The lowest BCUT2D eigenvalue weighted by molar-refractivity contribution is -0.326. The second kappa shape index (κ2) is 17.0. The molecule has 5 heterocycles. The molecule has 0 aliphatic carbocycles. The molecule has 1 aromatic rings. The number of nitrogens with zero attached hydrogens (tertiary/aromatic N) is 1. The first-order chi connectivity index (χ1) is 26.2. The second-order valence-corrected chi connectivity index (χ2v) is 14.5. The van der Waals surface area contributed by atoms with E-state index in [0.717, 1.165) is 34.8 Å². The van der Waals surface area contributed by atoms with Crippen molar-refractivity contribution in [2.24, 2.45) is 0 Å². The zero-order chi connectivity index (χ0) is 41.2.